The van der Waals surface area contributed by atoms with Gasteiger partial charge in [-0.25, -0.2) is 23.4 Å². The van der Waals surface area contributed by atoms with Gasteiger partial charge < -0.3 is 15.4 Å². The molecule has 38 heavy (non-hydrogen) atoms. The Kier molecular flexibility index (Phi) is 7.85. The molecular formula is C29H33N5O3S. The van der Waals surface area contributed by atoms with E-state index in [9.17, 15) is 8.42 Å². The fourth-order valence-electron chi connectivity index (χ4n) is 4.95. The summed E-state index contributed by atoms with van der Waals surface area (Å²) in [6.07, 6.45) is 6.22. The molecule has 0 saturated carbocycles. The monoisotopic (exact) mass is 531 g/mol. The lowest BCUT2D eigenvalue weighted by Crippen LogP contribution is -2.38. The van der Waals surface area contributed by atoms with E-state index in [-0.39, 0.29) is 17.5 Å². The highest BCUT2D eigenvalue weighted by Crippen LogP contribution is 2.38. The normalized spacial score (nSPS) is 15.9. The summed E-state index contributed by atoms with van der Waals surface area (Å²) >= 11 is 0. The fraction of sp³-hybridized carbons (Fsp3) is 0.345. The average molecular weight is 532 g/mol. The molecule has 1 atom stereocenters. The first kappa shape index (κ1) is 26.1. The molecule has 5 rings (SSSR count). The largest absolute Gasteiger partial charge is 0.437 e. The van der Waals surface area contributed by atoms with E-state index in [2.05, 4.69) is 20.6 Å². The Hall–Kier alpha value is -3.56. The highest BCUT2D eigenvalue weighted by Gasteiger charge is 2.19. The van der Waals surface area contributed by atoms with Gasteiger partial charge in [0.05, 0.1) is 22.8 Å². The third-order valence-corrected chi connectivity index (χ3v) is 8.47. The van der Waals surface area contributed by atoms with Crippen molar-refractivity contribution in [3.8, 4) is 22.9 Å². The summed E-state index contributed by atoms with van der Waals surface area (Å²) in [5.41, 5.74) is 3.08. The number of anilines is 1. The summed E-state index contributed by atoms with van der Waals surface area (Å²) in [7, 11) is -3.20. The number of pyridine rings is 1. The molecule has 0 unspecified atom stereocenters. The number of nitrogens with zero attached hydrogens (tertiary/aromatic N) is 3. The topological polar surface area (TPSA) is 106 Å². The Morgan fingerprint density at radius 3 is 2.71 bits per heavy atom. The van der Waals surface area contributed by atoms with Gasteiger partial charge in [0.1, 0.15) is 5.75 Å². The van der Waals surface area contributed by atoms with Crippen LogP contribution in [-0.2, 0) is 15.6 Å². The van der Waals surface area contributed by atoms with Gasteiger partial charge in [-0.3, -0.25) is 0 Å². The highest BCUT2D eigenvalue weighted by atomic mass is 32.2. The Labute approximate surface area is 223 Å². The maximum Gasteiger partial charge on any atom is 0.228 e. The maximum atomic E-state index is 12.6. The number of nitrogens with one attached hydrogen (secondary N) is 2. The first-order chi connectivity index (χ1) is 18.4. The summed E-state index contributed by atoms with van der Waals surface area (Å²) in [6, 6.07) is 15.6. The number of aryl methyl sites for hydroxylation is 1. The number of aromatic nitrogens is 3. The zero-order valence-electron chi connectivity index (χ0n) is 21.8. The predicted molar refractivity (Wildman–Crippen MR) is 151 cm³/mol. The molecule has 3 heterocycles. The summed E-state index contributed by atoms with van der Waals surface area (Å²) in [5, 5.41) is 8.54. The standard InChI is InChI=1S/C29H33N5O3S/c1-3-16-38(35,36)19-21-17-20(2)27(24-10-5-4-9-23(21)24)37-28-25(11-7-14-31-28)26-12-15-32-29(34-26)33-22-8-6-13-30-18-22/h4-5,7,9-12,14-15,17,22,30H,3,6,8,13,16,18-19H2,1-2H3,(H,32,33,34)/t22-/m0/s1. The first-order valence-corrected chi connectivity index (χ1v) is 14.9. The molecule has 2 aromatic heterocycles. The molecule has 1 fully saturated rings. The number of hydrogen-bond acceptors (Lipinski definition) is 8. The van der Waals surface area contributed by atoms with E-state index in [4.69, 9.17) is 9.72 Å². The van der Waals surface area contributed by atoms with E-state index in [1.165, 1.54) is 0 Å². The van der Waals surface area contributed by atoms with Crippen LogP contribution in [-0.4, -0.2) is 48.3 Å². The molecule has 9 heteroatoms. The fourth-order valence-corrected chi connectivity index (χ4v) is 6.43. The van der Waals surface area contributed by atoms with Crippen LogP contribution in [0.4, 0.5) is 5.95 Å². The Bertz CT molecular complexity index is 1530. The van der Waals surface area contributed by atoms with Crippen molar-refractivity contribution < 1.29 is 13.2 Å². The van der Waals surface area contributed by atoms with E-state index < -0.39 is 9.84 Å². The van der Waals surface area contributed by atoms with E-state index in [0.717, 1.165) is 53.4 Å². The molecule has 0 aliphatic carbocycles. The van der Waals surface area contributed by atoms with Crippen molar-refractivity contribution in [1.29, 1.82) is 0 Å². The van der Waals surface area contributed by atoms with Gasteiger partial charge in [-0.2, -0.15) is 0 Å². The molecule has 8 nitrogen and oxygen atoms in total. The van der Waals surface area contributed by atoms with Crippen molar-refractivity contribution in [2.24, 2.45) is 0 Å². The number of rotatable bonds is 9. The van der Waals surface area contributed by atoms with Crippen LogP contribution >= 0.6 is 0 Å². The first-order valence-electron chi connectivity index (χ1n) is 13.1. The molecule has 1 aliphatic rings. The van der Waals surface area contributed by atoms with Crippen LogP contribution in [0.2, 0.25) is 0 Å². The Morgan fingerprint density at radius 1 is 1.08 bits per heavy atom. The van der Waals surface area contributed by atoms with E-state index >= 15 is 0 Å². The Balaban J connectivity index is 1.49. The number of sulfone groups is 1. The van der Waals surface area contributed by atoms with Gasteiger partial charge in [0, 0.05) is 30.4 Å². The van der Waals surface area contributed by atoms with E-state index in [1.54, 1.807) is 12.4 Å². The van der Waals surface area contributed by atoms with Gasteiger partial charge in [0.15, 0.2) is 9.84 Å². The zero-order valence-corrected chi connectivity index (χ0v) is 22.6. The lowest BCUT2D eigenvalue weighted by Gasteiger charge is -2.23. The molecule has 2 aromatic carbocycles. The van der Waals surface area contributed by atoms with Gasteiger partial charge in [0.25, 0.3) is 0 Å². The summed E-state index contributed by atoms with van der Waals surface area (Å²) < 4.78 is 31.7. The molecule has 198 valence electrons. The number of fused-ring (bicyclic) bond motifs is 1. The molecular weight excluding hydrogens is 498 g/mol. The zero-order chi connectivity index (χ0) is 26.5. The quantitative estimate of drug-likeness (QED) is 0.300. The van der Waals surface area contributed by atoms with Crippen molar-refractivity contribution in [1.82, 2.24) is 20.3 Å². The van der Waals surface area contributed by atoms with Crippen molar-refractivity contribution in [3.05, 3.63) is 72.1 Å². The maximum absolute atomic E-state index is 12.6. The van der Waals surface area contributed by atoms with Crippen LogP contribution in [0.25, 0.3) is 22.0 Å². The van der Waals surface area contributed by atoms with Gasteiger partial charge in [0.2, 0.25) is 11.8 Å². The van der Waals surface area contributed by atoms with Crippen LogP contribution in [0.5, 0.6) is 11.6 Å². The molecule has 0 spiro atoms. The second kappa shape index (κ2) is 11.4. The minimum absolute atomic E-state index is 0.00450. The SMILES string of the molecule is CCCS(=O)(=O)Cc1cc(C)c(Oc2ncccc2-c2ccnc(N[C@H]3CCCNC3)n2)c2ccccc12. The number of benzene rings is 2. The van der Waals surface area contributed by atoms with Gasteiger partial charge in [-0.15, -0.1) is 0 Å². The minimum atomic E-state index is -3.20. The number of ether oxygens (including phenoxy) is 1. The van der Waals surface area contributed by atoms with Gasteiger partial charge >= 0.3 is 0 Å². The van der Waals surface area contributed by atoms with Crippen molar-refractivity contribution in [2.45, 2.75) is 44.9 Å². The highest BCUT2D eigenvalue weighted by molar-refractivity contribution is 7.90. The second-order valence-electron chi connectivity index (χ2n) is 9.73. The van der Waals surface area contributed by atoms with Crippen LogP contribution in [0.3, 0.4) is 0 Å². The van der Waals surface area contributed by atoms with Crippen molar-refractivity contribution in [2.75, 3.05) is 24.2 Å². The Morgan fingerprint density at radius 2 is 1.92 bits per heavy atom. The number of hydrogen-bond donors (Lipinski definition) is 2. The molecule has 1 aliphatic heterocycles. The lowest BCUT2D eigenvalue weighted by atomic mass is 10.0. The summed E-state index contributed by atoms with van der Waals surface area (Å²) in [4.78, 5) is 13.7. The van der Waals surface area contributed by atoms with Crippen LogP contribution < -0.4 is 15.4 Å². The van der Waals surface area contributed by atoms with Crippen molar-refractivity contribution in [3.63, 3.8) is 0 Å². The van der Waals surface area contributed by atoms with Gasteiger partial charge in [-0.1, -0.05) is 37.3 Å². The number of piperidine rings is 1. The van der Waals surface area contributed by atoms with E-state index in [1.807, 2.05) is 62.4 Å². The van der Waals surface area contributed by atoms with E-state index in [0.29, 0.717) is 29.7 Å². The second-order valence-corrected chi connectivity index (χ2v) is 11.9. The molecule has 0 amide bonds. The van der Waals surface area contributed by atoms with Crippen LogP contribution in [0, 0.1) is 6.92 Å². The predicted octanol–water partition coefficient (Wildman–Crippen LogP) is 5.28. The molecule has 0 bridgehead atoms. The summed E-state index contributed by atoms with van der Waals surface area (Å²) in [6.45, 7) is 5.74. The van der Waals surface area contributed by atoms with Crippen molar-refractivity contribution >= 4 is 26.6 Å². The molecule has 1 saturated heterocycles. The van der Waals surface area contributed by atoms with Gasteiger partial charge in [-0.05, 0) is 67.4 Å². The molecule has 4 aromatic rings. The summed E-state index contributed by atoms with van der Waals surface area (Å²) in [5.74, 6) is 1.83. The average Bonchev–Trinajstić information content (AvgIpc) is 2.91. The van der Waals surface area contributed by atoms with Crippen LogP contribution in [0.1, 0.15) is 37.3 Å². The molecule has 0 radical (unpaired) electrons. The minimum Gasteiger partial charge on any atom is -0.437 e. The van der Waals surface area contributed by atoms with Crippen LogP contribution in [0.15, 0.2) is 60.9 Å². The third kappa shape index (κ3) is 5.95. The molecule has 2 N–H and O–H groups in total. The smallest absolute Gasteiger partial charge is 0.228 e. The third-order valence-electron chi connectivity index (χ3n) is 6.69. The lowest BCUT2D eigenvalue weighted by molar-refractivity contribution is 0.466.